The quantitative estimate of drug-likeness (QED) is 0.198. The second-order valence-corrected chi connectivity index (χ2v) is 8.87. The highest BCUT2D eigenvalue weighted by atomic mass is 19.4. The molecule has 40 heavy (non-hydrogen) atoms. The number of hydrogen-bond donors (Lipinski definition) is 1. The Morgan fingerprint density at radius 2 is 1.65 bits per heavy atom. The van der Waals surface area contributed by atoms with E-state index in [-0.39, 0.29) is 24.5 Å². The zero-order valence-electron chi connectivity index (χ0n) is 21.5. The summed E-state index contributed by atoms with van der Waals surface area (Å²) < 4.78 is 58.9. The maximum absolute atomic E-state index is 13.5. The third kappa shape index (κ3) is 7.11. The van der Waals surface area contributed by atoms with E-state index in [1.54, 1.807) is 6.07 Å². The number of hydrogen-bond acceptors (Lipinski definition) is 4. The average molecular weight is 555 g/mol. The molecule has 1 N–H and O–H groups in total. The number of carbonyl (C=O) groups is 2. The molecule has 4 rings (SSSR count). The molecule has 0 fully saturated rings. The molecule has 0 bridgehead atoms. The summed E-state index contributed by atoms with van der Waals surface area (Å²) in [6.45, 7) is 0.0721. The standard InChI is InChI=1S/C29H26F4N4O3/c1-40-17-5-16-36(28(39)21-8-10-22(11-9-21)29(31,32)33)19-27(38)34-26-18-25(20-6-3-2-4-7-20)35-37(26)24-14-12-23(30)13-15-24/h2-4,6-15,18H,5,16-17,19H2,1H3,(H,34,38). The summed E-state index contributed by atoms with van der Waals surface area (Å²) in [5, 5.41) is 7.34. The third-order valence-electron chi connectivity index (χ3n) is 5.97. The third-order valence-corrected chi connectivity index (χ3v) is 5.97. The molecule has 11 heteroatoms. The zero-order chi connectivity index (χ0) is 28.7. The van der Waals surface area contributed by atoms with Crippen LogP contribution in [-0.2, 0) is 15.7 Å². The molecule has 2 amide bonds. The number of amides is 2. The second-order valence-electron chi connectivity index (χ2n) is 8.87. The van der Waals surface area contributed by atoms with Crippen LogP contribution >= 0.6 is 0 Å². The highest BCUT2D eigenvalue weighted by Crippen LogP contribution is 2.29. The lowest BCUT2D eigenvalue weighted by atomic mass is 10.1. The van der Waals surface area contributed by atoms with Gasteiger partial charge in [0.25, 0.3) is 5.91 Å². The summed E-state index contributed by atoms with van der Waals surface area (Å²) in [5.74, 6) is -1.30. The van der Waals surface area contributed by atoms with Gasteiger partial charge in [-0.1, -0.05) is 30.3 Å². The summed E-state index contributed by atoms with van der Waals surface area (Å²) in [7, 11) is 1.50. The van der Waals surface area contributed by atoms with Crippen LogP contribution < -0.4 is 5.32 Å². The van der Waals surface area contributed by atoms with Crippen molar-refractivity contribution in [2.75, 3.05) is 32.1 Å². The number of nitrogens with zero attached hydrogens (tertiary/aromatic N) is 3. The first-order valence-electron chi connectivity index (χ1n) is 12.3. The van der Waals surface area contributed by atoms with Crippen molar-refractivity contribution >= 4 is 17.6 Å². The number of methoxy groups -OCH3 is 1. The number of rotatable bonds is 10. The van der Waals surface area contributed by atoms with Gasteiger partial charge in [-0.2, -0.15) is 18.3 Å². The van der Waals surface area contributed by atoms with Gasteiger partial charge in [0.15, 0.2) is 0 Å². The van der Waals surface area contributed by atoms with Crippen LogP contribution in [0, 0.1) is 5.82 Å². The van der Waals surface area contributed by atoms with E-state index in [2.05, 4.69) is 10.4 Å². The number of alkyl halides is 3. The minimum absolute atomic E-state index is 0.0148. The van der Waals surface area contributed by atoms with Crippen molar-refractivity contribution in [1.29, 1.82) is 0 Å². The first kappa shape index (κ1) is 28.5. The topological polar surface area (TPSA) is 76.5 Å². The van der Waals surface area contributed by atoms with Gasteiger partial charge in [0.05, 0.1) is 16.9 Å². The van der Waals surface area contributed by atoms with E-state index in [9.17, 15) is 27.2 Å². The molecule has 0 saturated carbocycles. The number of benzene rings is 3. The van der Waals surface area contributed by atoms with Crippen LogP contribution in [0.2, 0.25) is 0 Å². The lowest BCUT2D eigenvalue weighted by Crippen LogP contribution is -2.39. The van der Waals surface area contributed by atoms with Crippen LogP contribution in [0.15, 0.2) is 84.9 Å². The number of anilines is 1. The number of nitrogens with one attached hydrogen (secondary N) is 1. The fourth-order valence-corrected chi connectivity index (χ4v) is 3.99. The monoisotopic (exact) mass is 554 g/mol. The normalized spacial score (nSPS) is 11.3. The van der Waals surface area contributed by atoms with E-state index in [1.807, 2.05) is 30.3 Å². The van der Waals surface area contributed by atoms with Crippen molar-refractivity contribution in [2.24, 2.45) is 0 Å². The summed E-state index contributed by atoms with van der Waals surface area (Å²) in [6, 6.07) is 20.3. The van der Waals surface area contributed by atoms with E-state index >= 15 is 0 Å². The fraction of sp³-hybridized carbons (Fsp3) is 0.207. The maximum Gasteiger partial charge on any atom is 0.416 e. The number of aromatic nitrogens is 2. The predicted octanol–water partition coefficient (Wildman–Crippen LogP) is 5.81. The Bertz CT molecular complexity index is 1440. The Morgan fingerprint density at radius 3 is 2.27 bits per heavy atom. The Morgan fingerprint density at radius 1 is 0.975 bits per heavy atom. The minimum Gasteiger partial charge on any atom is -0.385 e. The van der Waals surface area contributed by atoms with Gasteiger partial charge in [-0.25, -0.2) is 9.07 Å². The van der Waals surface area contributed by atoms with Crippen LogP contribution in [0.3, 0.4) is 0 Å². The fourth-order valence-electron chi connectivity index (χ4n) is 3.99. The molecule has 0 saturated heterocycles. The second kappa shape index (κ2) is 12.6. The molecule has 1 aromatic heterocycles. The number of ether oxygens (including phenoxy) is 1. The molecule has 3 aromatic carbocycles. The van der Waals surface area contributed by atoms with Crippen LogP contribution in [-0.4, -0.2) is 53.3 Å². The molecule has 0 radical (unpaired) electrons. The molecule has 0 aliphatic heterocycles. The summed E-state index contributed by atoms with van der Waals surface area (Å²) in [4.78, 5) is 27.6. The molecular formula is C29H26F4N4O3. The van der Waals surface area contributed by atoms with Crippen LogP contribution in [0.5, 0.6) is 0 Å². The molecule has 0 spiro atoms. The summed E-state index contributed by atoms with van der Waals surface area (Å²) >= 11 is 0. The average Bonchev–Trinajstić information content (AvgIpc) is 3.36. The molecular weight excluding hydrogens is 528 g/mol. The summed E-state index contributed by atoms with van der Waals surface area (Å²) in [6.07, 6.45) is -4.13. The highest BCUT2D eigenvalue weighted by molar-refractivity contribution is 5.99. The number of carbonyl (C=O) groups excluding carboxylic acids is 2. The molecule has 0 atom stereocenters. The molecule has 0 aliphatic carbocycles. The number of halogens is 4. The van der Waals surface area contributed by atoms with Gasteiger partial charge in [0.2, 0.25) is 5.91 Å². The van der Waals surface area contributed by atoms with Crippen molar-refractivity contribution in [3.05, 3.63) is 102 Å². The molecule has 1 heterocycles. The lowest BCUT2D eigenvalue weighted by Gasteiger charge is -2.22. The van der Waals surface area contributed by atoms with Gasteiger partial charge in [0, 0.05) is 37.5 Å². The van der Waals surface area contributed by atoms with Crippen molar-refractivity contribution in [1.82, 2.24) is 14.7 Å². The largest absolute Gasteiger partial charge is 0.416 e. The minimum atomic E-state index is -4.54. The van der Waals surface area contributed by atoms with Gasteiger partial charge in [-0.05, 0) is 55.0 Å². The van der Waals surface area contributed by atoms with Crippen molar-refractivity contribution in [3.8, 4) is 16.9 Å². The predicted molar refractivity (Wildman–Crippen MR) is 141 cm³/mol. The van der Waals surface area contributed by atoms with E-state index < -0.39 is 29.4 Å². The Kier molecular flexibility index (Phi) is 8.95. The van der Waals surface area contributed by atoms with Crippen molar-refractivity contribution < 1.29 is 31.9 Å². The highest BCUT2D eigenvalue weighted by Gasteiger charge is 2.30. The summed E-state index contributed by atoms with van der Waals surface area (Å²) in [5.41, 5.74) is 0.976. The van der Waals surface area contributed by atoms with Gasteiger partial charge in [-0.15, -0.1) is 0 Å². The molecule has 4 aromatic rings. The lowest BCUT2D eigenvalue weighted by molar-refractivity contribution is -0.137. The van der Waals surface area contributed by atoms with Crippen LogP contribution in [0.1, 0.15) is 22.3 Å². The maximum atomic E-state index is 13.5. The van der Waals surface area contributed by atoms with E-state index in [0.717, 1.165) is 29.8 Å². The molecule has 0 aliphatic rings. The molecule has 7 nitrogen and oxygen atoms in total. The van der Waals surface area contributed by atoms with E-state index in [4.69, 9.17) is 4.74 Å². The van der Waals surface area contributed by atoms with E-state index in [1.165, 1.54) is 41.0 Å². The van der Waals surface area contributed by atoms with Gasteiger partial charge in [0.1, 0.15) is 18.2 Å². The van der Waals surface area contributed by atoms with Crippen LogP contribution in [0.4, 0.5) is 23.4 Å². The Labute approximate surface area is 228 Å². The Hall–Kier alpha value is -4.51. The zero-order valence-corrected chi connectivity index (χ0v) is 21.5. The first-order valence-corrected chi connectivity index (χ1v) is 12.3. The first-order chi connectivity index (χ1) is 19.2. The van der Waals surface area contributed by atoms with Crippen molar-refractivity contribution in [2.45, 2.75) is 12.6 Å². The van der Waals surface area contributed by atoms with Gasteiger partial charge < -0.3 is 15.0 Å². The van der Waals surface area contributed by atoms with Gasteiger partial charge >= 0.3 is 6.18 Å². The van der Waals surface area contributed by atoms with Crippen LogP contribution in [0.25, 0.3) is 16.9 Å². The van der Waals surface area contributed by atoms with E-state index in [0.29, 0.717) is 24.4 Å². The Balaban J connectivity index is 1.58. The van der Waals surface area contributed by atoms with Gasteiger partial charge in [-0.3, -0.25) is 9.59 Å². The smallest absolute Gasteiger partial charge is 0.385 e. The SMILES string of the molecule is COCCCN(CC(=O)Nc1cc(-c2ccccc2)nn1-c1ccc(F)cc1)C(=O)c1ccc(C(F)(F)F)cc1. The van der Waals surface area contributed by atoms with Crippen molar-refractivity contribution in [3.63, 3.8) is 0 Å². The molecule has 208 valence electrons. The molecule has 0 unspecified atom stereocenters.